The number of aliphatic hydroxyl groups is 8. The van der Waals surface area contributed by atoms with Crippen LogP contribution in [-0.2, 0) is 23.7 Å². The first-order valence-electron chi connectivity index (χ1n) is 20.5. The second-order valence-electron chi connectivity index (χ2n) is 19.1. The van der Waals surface area contributed by atoms with Gasteiger partial charge in [0.15, 0.2) is 12.6 Å². The van der Waals surface area contributed by atoms with Gasteiger partial charge in [0, 0.05) is 17.3 Å². The van der Waals surface area contributed by atoms with Crippen LogP contribution in [0, 0.1) is 45.3 Å². The minimum Gasteiger partial charge on any atom is -0.394 e. The van der Waals surface area contributed by atoms with Crippen LogP contribution in [0.15, 0.2) is 23.3 Å². The lowest BCUT2D eigenvalue weighted by Crippen LogP contribution is -2.63. The van der Waals surface area contributed by atoms with Crippen molar-refractivity contribution >= 4 is 5.78 Å². The van der Waals surface area contributed by atoms with Gasteiger partial charge in [0.05, 0.1) is 25.9 Å². The predicted octanol–water partition coefficient (Wildman–Crippen LogP) is 2.13. The van der Waals surface area contributed by atoms with Crippen LogP contribution in [0.1, 0.15) is 99.8 Å². The summed E-state index contributed by atoms with van der Waals surface area (Å²) >= 11 is 0. The van der Waals surface area contributed by atoms with E-state index < -0.39 is 80.0 Å². The molecule has 8 N–H and O–H groups in total. The molecular weight excluding hydrogens is 712 g/mol. The zero-order valence-corrected chi connectivity index (χ0v) is 33.7. The van der Waals surface area contributed by atoms with Gasteiger partial charge < -0.3 is 59.8 Å². The molecule has 2 saturated heterocycles. The summed E-state index contributed by atoms with van der Waals surface area (Å²) in [5.74, 6) is 1.66. The van der Waals surface area contributed by atoms with Crippen LogP contribution in [-0.4, -0.2) is 134 Å². The van der Waals surface area contributed by atoms with Crippen LogP contribution in [0.5, 0.6) is 0 Å². The van der Waals surface area contributed by atoms with Crippen molar-refractivity contribution in [1.82, 2.24) is 0 Å². The fraction of sp³-hybridized carbons (Fsp3) is 0.881. The maximum Gasteiger partial charge on any atom is 0.187 e. The fourth-order valence-corrected chi connectivity index (χ4v) is 12.0. The average Bonchev–Trinajstić information content (AvgIpc) is 3.41. The largest absolute Gasteiger partial charge is 0.394 e. The highest BCUT2D eigenvalue weighted by molar-refractivity contribution is 5.88. The molecule has 13 nitrogen and oxygen atoms in total. The Balaban J connectivity index is 1.03. The number of hydrogen-bond acceptors (Lipinski definition) is 13. The molecule has 0 aromatic rings. The van der Waals surface area contributed by atoms with E-state index in [1.54, 1.807) is 0 Å². The van der Waals surface area contributed by atoms with Crippen molar-refractivity contribution in [3.63, 3.8) is 0 Å². The summed E-state index contributed by atoms with van der Waals surface area (Å²) in [6, 6.07) is 0. The third-order valence-corrected chi connectivity index (χ3v) is 15.9. The standard InChI is InChI=1S/C42H68O13/c1-21(19-52-37-36(51)34(49)32(47)27(55-37)20-53-38-35(50)33(48)31(46)26(18-43)54-38)9-8-10-22(2)23-15-16-40(5)28-13-11-24-25(12-14-29(44)39(24,3)4)42(28,7)30(45)17-41(23,40)6/h9,11,22-23,25-29,31-38,43-44,46-51H,8,10,12-20H2,1-7H3. The maximum atomic E-state index is 14.5. The number of carbonyl (C=O) groups is 1. The third-order valence-electron chi connectivity index (χ3n) is 15.9. The summed E-state index contributed by atoms with van der Waals surface area (Å²) in [5, 5.41) is 82.4. The van der Waals surface area contributed by atoms with Crippen LogP contribution < -0.4 is 0 Å². The van der Waals surface area contributed by atoms with Gasteiger partial charge in [-0.1, -0.05) is 64.8 Å². The second-order valence-corrected chi connectivity index (χ2v) is 19.1. The number of ketones is 1. The van der Waals surface area contributed by atoms with E-state index in [1.807, 2.05) is 6.92 Å². The lowest BCUT2D eigenvalue weighted by atomic mass is 9.38. The van der Waals surface area contributed by atoms with E-state index in [-0.39, 0.29) is 40.8 Å². The molecule has 0 amide bonds. The summed E-state index contributed by atoms with van der Waals surface area (Å²) < 4.78 is 22.5. The van der Waals surface area contributed by atoms with Gasteiger partial charge in [0.1, 0.15) is 54.6 Å². The number of aliphatic hydroxyl groups excluding tert-OH is 8. The maximum absolute atomic E-state index is 14.5. The molecule has 4 aliphatic carbocycles. The van der Waals surface area contributed by atoms with Crippen molar-refractivity contribution in [3.8, 4) is 0 Å². The number of ether oxygens (including phenoxy) is 4. The summed E-state index contributed by atoms with van der Waals surface area (Å²) in [7, 11) is 0. The normalized spacial score (nSPS) is 49.1. The van der Waals surface area contributed by atoms with Gasteiger partial charge >= 0.3 is 0 Å². The Morgan fingerprint density at radius 1 is 0.855 bits per heavy atom. The Kier molecular flexibility index (Phi) is 12.6. The molecule has 2 heterocycles. The van der Waals surface area contributed by atoms with Gasteiger partial charge in [-0.25, -0.2) is 0 Å². The van der Waals surface area contributed by atoms with Crippen molar-refractivity contribution in [2.45, 2.75) is 167 Å². The van der Waals surface area contributed by atoms with Crippen molar-refractivity contribution < 1.29 is 64.6 Å². The molecule has 5 fully saturated rings. The number of Topliss-reactive ketones (excluding diaryl/α,β-unsaturated/α-hetero) is 1. The molecule has 2 aliphatic heterocycles. The SMILES string of the molecule is CC(=CCCC(C)C1CCC2(C)C3CC=C4C(CCC(O)C4(C)C)C3(C)C(=O)CC12C)COC1OC(COC2OC(CO)C(O)C(O)C2O)C(O)C(O)C1O. The summed E-state index contributed by atoms with van der Waals surface area (Å²) in [4.78, 5) is 14.5. The number of allylic oxidation sites excluding steroid dienone is 2. The third kappa shape index (κ3) is 7.24. The zero-order chi connectivity index (χ0) is 40.4. The van der Waals surface area contributed by atoms with E-state index in [0.717, 1.165) is 50.5 Å². The van der Waals surface area contributed by atoms with Crippen molar-refractivity contribution in [1.29, 1.82) is 0 Å². The first-order valence-corrected chi connectivity index (χ1v) is 20.5. The highest BCUT2D eigenvalue weighted by atomic mass is 16.7. The van der Waals surface area contributed by atoms with E-state index in [2.05, 4.69) is 53.7 Å². The Morgan fingerprint density at radius 2 is 1.47 bits per heavy atom. The molecule has 314 valence electrons. The van der Waals surface area contributed by atoms with Crippen molar-refractivity contribution in [2.75, 3.05) is 19.8 Å². The average molecular weight is 781 g/mol. The number of hydrogen-bond donors (Lipinski definition) is 8. The van der Waals surface area contributed by atoms with Gasteiger partial charge in [-0.3, -0.25) is 4.79 Å². The molecule has 0 bridgehead atoms. The fourth-order valence-electron chi connectivity index (χ4n) is 12.0. The Bertz CT molecular complexity index is 1450. The lowest BCUT2D eigenvalue weighted by Gasteiger charge is -2.64. The predicted molar refractivity (Wildman–Crippen MR) is 200 cm³/mol. The summed E-state index contributed by atoms with van der Waals surface area (Å²) in [5.41, 5.74) is 1.40. The Hall–Kier alpha value is -1.33. The quantitative estimate of drug-likeness (QED) is 0.141. The van der Waals surface area contributed by atoms with Crippen LogP contribution in [0.25, 0.3) is 0 Å². The lowest BCUT2D eigenvalue weighted by molar-refractivity contribution is -0.330. The van der Waals surface area contributed by atoms with Gasteiger partial charge in [-0.2, -0.15) is 0 Å². The van der Waals surface area contributed by atoms with E-state index in [4.69, 9.17) is 18.9 Å². The molecule has 0 spiro atoms. The molecule has 0 radical (unpaired) electrons. The van der Waals surface area contributed by atoms with Crippen LogP contribution in [0.2, 0.25) is 0 Å². The van der Waals surface area contributed by atoms with E-state index in [0.29, 0.717) is 24.0 Å². The zero-order valence-electron chi connectivity index (χ0n) is 33.7. The van der Waals surface area contributed by atoms with E-state index >= 15 is 0 Å². The minimum absolute atomic E-state index is 0.0348. The van der Waals surface area contributed by atoms with Crippen molar-refractivity contribution in [3.05, 3.63) is 23.3 Å². The van der Waals surface area contributed by atoms with Gasteiger partial charge in [0.2, 0.25) is 0 Å². The molecule has 6 aliphatic rings. The first kappa shape index (κ1) is 43.3. The van der Waals surface area contributed by atoms with Crippen LogP contribution in [0.3, 0.4) is 0 Å². The Morgan fingerprint density at radius 3 is 2.13 bits per heavy atom. The molecule has 18 atom stereocenters. The second kappa shape index (κ2) is 16.0. The highest BCUT2D eigenvalue weighted by Crippen LogP contribution is 2.74. The van der Waals surface area contributed by atoms with Gasteiger partial charge in [0.25, 0.3) is 0 Å². The molecule has 0 aromatic heterocycles. The van der Waals surface area contributed by atoms with Crippen LogP contribution in [0.4, 0.5) is 0 Å². The molecule has 13 heteroatoms. The monoisotopic (exact) mass is 780 g/mol. The molecule has 0 aromatic carbocycles. The molecule has 6 rings (SSSR count). The smallest absolute Gasteiger partial charge is 0.187 e. The topological polar surface area (TPSA) is 216 Å². The Labute approximate surface area is 325 Å². The van der Waals surface area contributed by atoms with Crippen LogP contribution >= 0.6 is 0 Å². The molecule has 3 saturated carbocycles. The van der Waals surface area contributed by atoms with E-state index in [9.17, 15) is 45.6 Å². The number of carbonyl (C=O) groups excluding carboxylic acids is 1. The first-order chi connectivity index (χ1) is 25.7. The highest BCUT2D eigenvalue weighted by Gasteiger charge is 2.70. The van der Waals surface area contributed by atoms with E-state index in [1.165, 1.54) is 5.57 Å². The summed E-state index contributed by atoms with van der Waals surface area (Å²) in [6.45, 7) is 14.6. The molecule has 55 heavy (non-hydrogen) atoms. The number of rotatable bonds is 11. The van der Waals surface area contributed by atoms with Crippen molar-refractivity contribution in [2.24, 2.45) is 45.3 Å². The molecular formula is C42H68O13. The number of fused-ring (bicyclic) bond motifs is 5. The minimum atomic E-state index is -1.65. The molecule has 18 unspecified atom stereocenters. The van der Waals surface area contributed by atoms with Gasteiger partial charge in [-0.15, -0.1) is 0 Å². The van der Waals surface area contributed by atoms with Gasteiger partial charge in [-0.05, 0) is 86.4 Å². The summed E-state index contributed by atoms with van der Waals surface area (Å²) in [6.07, 6.45) is -3.58.